The van der Waals surface area contributed by atoms with Crippen molar-refractivity contribution in [2.75, 3.05) is 5.32 Å². The molecule has 7 nitrogen and oxygen atoms in total. The van der Waals surface area contributed by atoms with Crippen molar-refractivity contribution in [1.82, 2.24) is 19.5 Å². The maximum atomic E-state index is 13.1. The van der Waals surface area contributed by atoms with E-state index in [0.717, 1.165) is 54.7 Å². The largest absolute Gasteiger partial charge is 0.441 e. The normalized spacial score (nSPS) is 15.9. The Balaban J connectivity index is 1.28. The lowest BCUT2D eigenvalue weighted by Crippen LogP contribution is -2.21. The zero-order chi connectivity index (χ0) is 28.1. The van der Waals surface area contributed by atoms with Crippen molar-refractivity contribution >= 4 is 34.5 Å². The predicted octanol–water partition coefficient (Wildman–Crippen LogP) is 7.58. The highest BCUT2D eigenvalue weighted by atomic mass is 35.5. The van der Waals surface area contributed by atoms with Gasteiger partial charge in [0.25, 0.3) is 0 Å². The summed E-state index contributed by atoms with van der Waals surface area (Å²) >= 11 is 6.23. The van der Waals surface area contributed by atoms with Gasteiger partial charge in [-0.3, -0.25) is 4.98 Å². The van der Waals surface area contributed by atoms with Crippen LogP contribution in [0.15, 0.2) is 67.3 Å². The molecule has 40 heavy (non-hydrogen) atoms. The molecular weight excluding hydrogens is 543 g/mol. The number of carbonyl (C=O) groups is 1. The van der Waals surface area contributed by atoms with Gasteiger partial charge in [0.2, 0.25) is 0 Å². The van der Waals surface area contributed by atoms with Gasteiger partial charge in [0.1, 0.15) is 23.3 Å². The molecule has 0 amide bonds. The number of anilines is 1. The van der Waals surface area contributed by atoms with Gasteiger partial charge in [-0.25, -0.2) is 19.3 Å². The van der Waals surface area contributed by atoms with Crippen LogP contribution in [0.3, 0.4) is 0 Å². The standard InChI is InChI=1S/C29H27ClF3N5O2/c30-22-13-24-21(18-38(27(24)37-17-22)28(39)40-23-6-4-2-1-3-5-7-23)12-19-9-11-26(35-14-19)36-16-20-8-10-25(34-15-20)29(31,32)33/h4,6,8-11,13-15,17-18,23H,1-3,5,7,12,16H2,(H,35,36). The topological polar surface area (TPSA) is 81.9 Å². The van der Waals surface area contributed by atoms with Crippen LogP contribution in [0.1, 0.15) is 54.5 Å². The third-order valence-corrected chi connectivity index (χ3v) is 6.87. The third-order valence-electron chi connectivity index (χ3n) is 6.66. The van der Waals surface area contributed by atoms with E-state index in [1.54, 1.807) is 24.5 Å². The van der Waals surface area contributed by atoms with Crippen LogP contribution in [0.25, 0.3) is 11.0 Å². The van der Waals surface area contributed by atoms with Gasteiger partial charge in [-0.1, -0.05) is 36.2 Å². The number of nitrogens with zero attached hydrogens (tertiary/aromatic N) is 4. The minimum absolute atomic E-state index is 0.271. The summed E-state index contributed by atoms with van der Waals surface area (Å²) in [5, 5.41) is 4.28. The molecule has 5 rings (SSSR count). The molecule has 0 bridgehead atoms. The fourth-order valence-corrected chi connectivity index (χ4v) is 4.74. The highest BCUT2D eigenvalue weighted by Crippen LogP contribution is 2.28. The number of hydrogen-bond donors (Lipinski definition) is 1. The van der Waals surface area contributed by atoms with Gasteiger partial charge in [-0.15, -0.1) is 0 Å². The van der Waals surface area contributed by atoms with Gasteiger partial charge in [0.05, 0.1) is 5.02 Å². The smallest absolute Gasteiger partial charge is 0.433 e. The Labute approximate surface area is 234 Å². The maximum Gasteiger partial charge on any atom is 0.433 e. The number of fused-ring (bicyclic) bond motifs is 1. The van der Waals surface area contributed by atoms with E-state index in [0.29, 0.717) is 28.5 Å². The zero-order valence-electron chi connectivity index (χ0n) is 21.5. The number of ether oxygens (including phenoxy) is 1. The second kappa shape index (κ2) is 12.1. The van der Waals surface area contributed by atoms with Crippen LogP contribution < -0.4 is 5.32 Å². The first-order valence-corrected chi connectivity index (χ1v) is 13.4. The lowest BCUT2D eigenvalue weighted by Gasteiger charge is -2.16. The molecule has 1 aliphatic carbocycles. The number of hydrogen-bond acceptors (Lipinski definition) is 6. The second-order valence-corrected chi connectivity index (χ2v) is 10.1. The molecule has 0 spiro atoms. The fourth-order valence-electron chi connectivity index (χ4n) is 4.58. The minimum Gasteiger partial charge on any atom is -0.441 e. The van der Waals surface area contributed by atoms with Crippen LogP contribution in [-0.2, 0) is 23.9 Å². The summed E-state index contributed by atoms with van der Waals surface area (Å²) in [5.74, 6) is 0.562. The quantitative estimate of drug-likeness (QED) is 0.241. The van der Waals surface area contributed by atoms with Gasteiger partial charge in [-0.05, 0) is 66.6 Å². The van der Waals surface area contributed by atoms with Crippen molar-refractivity contribution in [3.8, 4) is 0 Å². The molecule has 0 aromatic carbocycles. The number of alkyl halides is 3. The van der Waals surface area contributed by atoms with E-state index < -0.39 is 18.0 Å². The minimum atomic E-state index is -4.47. The Kier molecular flexibility index (Phi) is 8.35. The SMILES string of the molecule is O=C(OC1C=CCCCCC1)n1cc(Cc2ccc(NCc3ccc(C(F)(F)F)nc3)nc2)c2cc(Cl)cnc21. The van der Waals surface area contributed by atoms with Crippen LogP contribution in [0.2, 0.25) is 5.02 Å². The van der Waals surface area contributed by atoms with Crippen LogP contribution in [-0.4, -0.2) is 31.7 Å². The lowest BCUT2D eigenvalue weighted by molar-refractivity contribution is -0.141. The molecule has 0 radical (unpaired) electrons. The number of rotatable bonds is 6. The van der Waals surface area contributed by atoms with Gasteiger partial charge in [-0.2, -0.15) is 13.2 Å². The van der Waals surface area contributed by atoms with Gasteiger partial charge >= 0.3 is 12.3 Å². The molecule has 4 aromatic heterocycles. The van der Waals surface area contributed by atoms with Crippen LogP contribution in [0.5, 0.6) is 0 Å². The Hall–Kier alpha value is -3.92. The lowest BCUT2D eigenvalue weighted by atomic mass is 10.0. The van der Waals surface area contributed by atoms with Crippen LogP contribution >= 0.6 is 11.6 Å². The van der Waals surface area contributed by atoms with Crippen molar-refractivity contribution in [3.63, 3.8) is 0 Å². The molecule has 4 aromatic rings. The predicted molar refractivity (Wildman–Crippen MR) is 146 cm³/mol. The molecule has 208 valence electrons. The summed E-state index contributed by atoms with van der Waals surface area (Å²) in [4.78, 5) is 25.4. The van der Waals surface area contributed by atoms with E-state index in [1.165, 1.54) is 23.0 Å². The van der Waals surface area contributed by atoms with Crippen molar-refractivity contribution in [3.05, 3.63) is 94.7 Å². The van der Waals surface area contributed by atoms with Crippen molar-refractivity contribution in [2.24, 2.45) is 0 Å². The summed E-state index contributed by atoms with van der Waals surface area (Å²) in [6, 6.07) is 7.78. The number of carbonyl (C=O) groups excluding carboxylic acids is 1. The molecule has 0 saturated carbocycles. The van der Waals surface area contributed by atoms with E-state index >= 15 is 0 Å². The first-order chi connectivity index (χ1) is 19.3. The van der Waals surface area contributed by atoms with Gasteiger partial charge in [0.15, 0.2) is 0 Å². The highest BCUT2D eigenvalue weighted by molar-refractivity contribution is 6.31. The number of pyridine rings is 3. The molecule has 1 atom stereocenters. The molecule has 1 aliphatic rings. The van der Waals surface area contributed by atoms with Crippen molar-refractivity contribution in [2.45, 2.75) is 57.3 Å². The molecule has 4 heterocycles. The van der Waals surface area contributed by atoms with Crippen molar-refractivity contribution < 1.29 is 22.7 Å². The Bertz CT molecular complexity index is 1500. The van der Waals surface area contributed by atoms with Crippen LogP contribution in [0, 0.1) is 0 Å². The summed E-state index contributed by atoms with van der Waals surface area (Å²) in [7, 11) is 0. The molecule has 11 heteroatoms. The molecule has 0 saturated heterocycles. The summed E-state index contributed by atoms with van der Waals surface area (Å²) in [5.41, 5.74) is 1.86. The monoisotopic (exact) mass is 569 g/mol. The number of allylic oxidation sites excluding steroid dienone is 1. The van der Waals surface area contributed by atoms with Gasteiger partial charge < -0.3 is 10.1 Å². The Morgan fingerprint density at radius 2 is 1.88 bits per heavy atom. The number of halogens is 4. The molecule has 1 unspecified atom stereocenters. The first-order valence-electron chi connectivity index (χ1n) is 13.0. The molecule has 0 fully saturated rings. The van der Waals surface area contributed by atoms with E-state index in [-0.39, 0.29) is 12.6 Å². The zero-order valence-corrected chi connectivity index (χ0v) is 22.3. The van der Waals surface area contributed by atoms with Gasteiger partial charge in [0, 0.05) is 43.1 Å². The van der Waals surface area contributed by atoms with Crippen LogP contribution in [0.4, 0.5) is 23.8 Å². The van der Waals surface area contributed by atoms with E-state index in [1.807, 2.05) is 12.1 Å². The summed E-state index contributed by atoms with van der Waals surface area (Å²) < 4.78 is 45.3. The Morgan fingerprint density at radius 3 is 2.62 bits per heavy atom. The number of aromatic nitrogens is 4. The summed E-state index contributed by atoms with van der Waals surface area (Å²) in [6.45, 7) is 0.271. The van der Waals surface area contributed by atoms with E-state index in [4.69, 9.17) is 16.3 Å². The Morgan fingerprint density at radius 1 is 1.05 bits per heavy atom. The van der Waals surface area contributed by atoms with Crippen molar-refractivity contribution in [1.29, 1.82) is 0 Å². The third kappa shape index (κ3) is 6.80. The number of nitrogens with one attached hydrogen (secondary N) is 1. The molecule has 0 aliphatic heterocycles. The average molecular weight is 570 g/mol. The summed E-state index contributed by atoms with van der Waals surface area (Å²) in [6.07, 6.45) is 10.4. The first kappa shape index (κ1) is 27.6. The van der Waals surface area contributed by atoms with E-state index in [2.05, 4.69) is 26.3 Å². The second-order valence-electron chi connectivity index (χ2n) is 9.67. The highest BCUT2D eigenvalue weighted by Gasteiger charge is 2.32. The maximum absolute atomic E-state index is 13.1. The van der Waals surface area contributed by atoms with E-state index in [9.17, 15) is 18.0 Å². The molecule has 1 N–H and O–H groups in total. The fraction of sp³-hybridized carbons (Fsp3) is 0.310. The molecular formula is C29H27ClF3N5O2. The average Bonchev–Trinajstić information content (AvgIpc) is 3.27.